The molecule has 37 heavy (non-hydrogen) atoms. The largest absolute Gasteiger partial charge is 0.497 e. The third-order valence-corrected chi connectivity index (χ3v) is 7.13. The zero-order chi connectivity index (χ0) is 26.1. The molecule has 0 saturated carbocycles. The fourth-order valence-corrected chi connectivity index (χ4v) is 4.77. The van der Waals surface area contributed by atoms with Crippen LogP contribution in [0.3, 0.4) is 0 Å². The van der Waals surface area contributed by atoms with Crippen LogP contribution in [0.1, 0.15) is 17.5 Å². The maximum atomic E-state index is 5.55. The van der Waals surface area contributed by atoms with Crippen molar-refractivity contribution in [2.45, 2.75) is 20.3 Å². The number of fused-ring (bicyclic) bond motifs is 3. The topological polar surface area (TPSA) is 46.4 Å². The quantitative estimate of drug-likeness (QED) is 0.256. The lowest BCUT2D eigenvalue weighted by atomic mass is 10.1. The van der Waals surface area contributed by atoms with Crippen LogP contribution in [-0.4, -0.2) is 61.0 Å². The molecule has 0 spiro atoms. The first kappa shape index (κ1) is 24.8. The van der Waals surface area contributed by atoms with Crippen LogP contribution in [0.15, 0.2) is 66.9 Å². The van der Waals surface area contributed by atoms with Gasteiger partial charge in [0, 0.05) is 41.8 Å². The van der Waals surface area contributed by atoms with Gasteiger partial charge in [0.1, 0.15) is 11.4 Å². The molecule has 0 aliphatic carbocycles. The van der Waals surface area contributed by atoms with Crippen molar-refractivity contribution in [3.8, 4) is 22.7 Å². The lowest BCUT2D eigenvalue weighted by molar-refractivity contribution is 0.401. The lowest BCUT2D eigenvalue weighted by Crippen LogP contribution is -2.23. The zero-order valence-corrected chi connectivity index (χ0v) is 22.6. The Hall–Kier alpha value is -3.90. The van der Waals surface area contributed by atoms with Gasteiger partial charge >= 0.3 is 0 Å². The van der Waals surface area contributed by atoms with Crippen LogP contribution >= 0.6 is 0 Å². The summed E-state index contributed by atoms with van der Waals surface area (Å²) < 4.78 is 7.61. The van der Waals surface area contributed by atoms with E-state index in [-0.39, 0.29) is 0 Å². The van der Waals surface area contributed by atoms with E-state index in [1.165, 1.54) is 16.8 Å². The number of pyridine rings is 1. The van der Waals surface area contributed by atoms with Gasteiger partial charge in [-0.05, 0) is 94.5 Å². The van der Waals surface area contributed by atoms with E-state index < -0.39 is 0 Å². The fraction of sp³-hybridized carbons (Fsp3) is 0.290. The Bertz CT molecular complexity index is 1550. The van der Waals surface area contributed by atoms with Crippen molar-refractivity contribution in [1.29, 1.82) is 0 Å². The molecule has 0 amide bonds. The standard InChI is InChI=1S/C31H35N5O/c1-21-8-11-25(18-22(21)2)36-31-27-19-26(37-6)14-15-29(27)32-20-28(31)30(33-36)23-9-12-24(13-10-23)35(5)17-7-16-34(3)4/h8-15,18-20H,7,16-17H2,1-6H3. The van der Waals surface area contributed by atoms with Gasteiger partial charge in [-0.2, -0.15) is 5.10 Å². The Morgan fingerprint density at radius 3 is 2.32 bits per heavy atom. The smallest absolute Gasteiger partial charge is 0.119 e. The number of ether oxygens (including phenoxy) is 1. The van der Waals surface area contributed by atoms with Crippen LogP contribution in [0.4, 0.5) is 5.69 Å². The van der Waals surface area contributed by atoms with E-state index >= 15 is 0 Å². The first-order chi connectivity index (χ1) is 17.9. The molecule has 5 rings (SSSR count). The van der Waals surface area contributed by atoms with Gasteiger partial charge in [0.2, 0.25) is 0 Å². The average Bonchev–Trinajstić information content (AvgIpc) is 3.30. The fourth-order valence-electron chi connectivity index (χ4n) is 4.77. The summed E-state index contributed by atoms with van der Waals surface area (Å²) in [5.41, 5.74) is 8.68. The Kier molecular flexibility index (Phi) is 6.85. The minimum atomic E-state index is 0.804. The van der Waals surface area contributed by atoms with Gasteiger partial charge in [-0.1, -0.05) is 18.2 Å². The van der Waals surface area contributed by atoms with Gasteiger partial charge in [-0.25, -0.2) is 4.68 Å². The van der Waals surface area contributed by atoms with E-state index in [4.69, 9.17) is 14.8 Å². The van der Waals surface area contributed by atoms with E-state index in [9.17, 15) is 0 Å². The van der Waals surface area contributed by atoms with E-state index in [0.717, 1.165) is 64.0 Å². The highest BCUT2D eigenvalue weighted by atomic mass is 16.5. The molecule has 0 atom stereocenters. The second-order valence-electron chi connectivity index (χ2n) is 10.1. The molecule has 0 N–H and O–H groups in total. The number of hydrogen-bond donors (Lipinski definition) is 0. The third kappa shape index (κ3) is 4.89. The van der Waals surface area contributed by atoms with E-state index in [0.29, 0.717) is 0 Å². The van der Waals surface area contributed by atoms with Gasteiger partial charge < -0.3 is 14.5 Å². The Labute approximate surface area is 219 Å². The molecule has 3 aromatic carbocycles. The summed E-state index contributed by atoms with van der Waals surface area (Å²) in [5, 5.41) is 7.21. The Morgan fingerprint density at radius 1 is 0.838 bits per heavy atom. The predicted molar refractivity (Wildman–Crippen MR) is 154 cm³/mol. The van der Waals surface area contributed by atoms with Gasteiger partial charge in [-0.3, -0.25) is 4.98 Å². The first-order valence-electron chi connectivity index (χ1n) is 12.7. The van der Waals surface area contributed by atoms with Gasteiger partial charge in [0.05, 0.1) is 23.8 Å². The van der Waals surface area contributed by atoms with Crippen molar-refractivity contribution in [1.82, 2.24) is 19.7 Å². The molecule has 0 fully saturated rings. The number of hydrogen-bond acceptors (Lipinski definition) is 5. The summed E-state index contributed by atoms with van der Waals surface area (Å²) in [6, 6.07) is 21.2. The molecule has 0 radical (unpaired) electrons. The SMILES string of the molecule is COc1ccc2ncc3c(-c4ccc(N(C)CCCN(C)C)cc4)nn(-c4ccc(C)c(C)c4)c3c2c1. The Morgan fingerprint density at radius 2 is 1.62 bits per heavy atom. The molecular weight excluding hydrogens is 458 g/mol. The molecule has 6 nitrogen and oxygen atoms in total. The molecule has 0 aliphatic rings. The highest BCUT2D eigenvalue weighted by Gasteiger charge is 2.18. The van der Waals surface area contributed by atoms with E-state index in [2.05, 4.69) is 98.0 Å². The molecule has 0 aliphatic heterocycles. The van der Waals surface area contributed by atoms with Crippen molar-refractivity contribution < 1.29 is 4.74 Å². The van der Waals surface area contributed by atoms with Crippen molar-refractivity contribution in [2.75, 3.05) is 46.2 Å². The van der Waals surface area contributed by atoms with Crippen LogP contribution in [0, 0.1) is 13.8 Å². The highest BCUT2D eigenvalue weighted by Crippen LogP contribution is 2.35. The van der Waals surface area contributed by atoms with E-state index in [1.807, 2.05) is 18.3 Å². The predicted octanol–water partition coefficient (Wildman–Crippen LogP) is 6.25. The van der Waals surface area contributed by atoms with Crippen LogP contribution in [0.2, 0.25) is 0 Å². The first-order valence-corrected chi connectivity index (χ1v) is 12.7. The third-order valence-electron chi connectivity index (χ3n) is 7.13. The molecule has 0 bridgehead atoms. The second kappa shape index (κ2) is 10.2. The number of anilines is 1. The minimum Gasteiger partial charge on any atom is -0.497 e. The summed E-state index contributed by atoms with van der Waals surface area (Å²) >= 11 is 0. The molecule has 0 saturated heterocycles. The minimum absolute atomic E-state index is 0.804. The molecule has 0 unspecified atom stereocenters. The number of methoxy groups -OCH3 is 1. The summed E-state index contributed by atoms with van der Waals surface area (Å²) in [5.74, 6) is 0.804. The number of aryl methyl sites for hydroxylation is 2. The van der Waals surface area contributed by atoms with Crippen LogP contribution < -0.4 is 9.64 Å². The summed E-state index contributed by atoms with van der Waals surface area (Å²) in [6.45, 7) is 6.37. The van der Waals surface area contributed by atoms with E-state index in [1.54, 1.807) is 7.11 Å². The van der Waals surface area contributed by atoms with Gasteiger partial charge in [0.25, 0.3) is 0 Å². The van der Waals surface area contributed by atoms with Crippen molar-refractivity contribution in [3.63, 3.8) is 0 Å². The lowest BCUT2D eigenvalue weighted by Gasteiger charge is -2.20. The molecule has 190 valence electrons. The maximum absolute atomic E-state index is 5.55. The second-order valence-corrected chi connectivity index (χ2v) is 10.1. The van der Waals surface area contributed by atoms with Crippen LogP contribution in [-0.2, 0) is 0 Å². The molecule has 5 aromatic rings. The van der Waals surface area contributed by atoms with Gasteiger partial charge in [0.15, 0.2) is 0 Å². The summed E-state index contributed by atoms with van der Waals surface area (Å²) in [4.78, 5) is 9.31. The normalized spacial score (nSPS) is 11.5. The van der Waals surface area contributed by atoms with Crippen molar-refractivity contribution in [2.24, 2.45) is 0 Å². The van der Waals surface area contributed by atoms with Gasteiger partial charge in [-0.15, -0.1) is 0 Å². The molecule has 2 heterocycles. The summed E-state index contributed by atoms with van der Waals surface area (Å²) in [7, 11) is 8.08. The molecule has 2 aromatic heterocycles. The van der Waals surface area contributed by atoms with Crippen molar-refractivity contribution in [3.05, 3.63) is 78.0 Å². The molecule has 6 heteroatoms. The van der Waals surface area contributed by atoms with Crippen molar-refractivity contribution >= 4 is 27.5 Å². The van der Waals surface area contributed by atoms with Crippen LogP contribution in [0.5, 0.6) is 5.75 Å². The number of nitrogens with zero attached hydrogens (tertiary/aromatic N) is 5. The number of benzene rings is 3. The summed E-state index contributed by atoms with van der Waals surface area (Å²) in [6.07, 6.45) is 3.07. The molecular formula is C31H35N5O. The highest BCUT2D eigenvalue weighted by molar-refractivity contribution is 6.09. The number of rotatable bonds is 8. The maximum Gasteiger partial charge on any atom is 0.119 e. The Balaban J connectivity index is 1.63. The zero-order valence-electron chi connectivity index (χ0n) is 22.6. The monoisotopic (exact) mass is 493 g/mol. The van der Waals surface area contributed by atoms with Crippen LogP contribution in [0.25, 0.3) is 38.8 Å². The number of aromatic nitrogens is 3. The average molecular weight is 494 g/mol.